The van der Waals surface area contributed by atoms with Crippen LogP contribution in [0.2, 0.25) is 0 Å². The van der Waals surface area contributed by atoms with Crippen LogP contribution in [0.1, 0.15) is 31.3 Å². The standard InChI is InChI=1S/C13H18N2S/c1-4-9-6-5-7-10-11(9)15-12(16-10)13(2,3)8-14/h5-7H,4,8,14H2,1-3H3. The van der Waals surface area contributed by atoms with Gasteiger partial charge in [-0.3, -0.25) is 0 Å². The monoisotopic (exact) mass is 234 g/mol. The van der Waals surface area contributed by atoms with Crippen molar-refractivity contribution in [2.75, 3.05) is 6.54 Å². The van der Waals surface area contributed by atoms with E-state index in [4.69, 9.17) is 10.7 Å². The fourth-order valence-corrected chi connectivity index (χ4v) is 2.79. The first kappa shape index (κ1) is 11.6. The van der Waals surface area contributed by atoms with E-state index in [1.807, 2.05) is 0 Å². The molecule has 0 aliphatic heterocycles. The van der Waals surface area contributed by atoms with Gasteiger partial charge < -0.3 is 5.73 Å². The van der Waals surface area contributed by atoms with Crippen LogP contribution in [0.5, 0.6) is 0 Å². The molecule has 0 atom stereocenters. The number of thiazole rings is 1. The smallest absolute Gasteiger partial charge is 0.101 e. The highest BCUT2D eigenvalue weighted by molar-refractivity contribution is 7.18. The molecule has 0 bridgehead atoms. The van der Waals surface area contributed by atoms with Crippen LogP contribution < -0.4 is 5.73 Å². The Bertz CT molecular complexity index is 500. The molecular formula is C13H18N2S. The quantitative estimate of drug-likeness (QED) is 0.886. The molecule has 0 radical (unpaired) electrons. The van der Waals surface area contributed by atoms with Crippen molar-refractivity contribution in [3.8, 4) is 0 Å². The van der Waals surface area contributed by atoms with Crippen molar-refractivity contribution >= 4 is 21.6 Å². The molecule has 86 valence electrons. The Morgan fingerprint density at radius 2 is 2.12 bits per heavy atom. The first-order valence-corrected chi connectivity index (χ1v) is 6.49. The fraction of sp³-hybridized carbons (Fsp3) is 0.462. The Balaban J connectivity index is 2.60. The summed E-state index contributed by atoms with van der Waals surface area (Å²) in [7, 11) is 0. The maximum absolute atomic E-state index is 5.80. The van der Waals surface area contributed by atoms with E-state index >= 15 is 0 Å². The lowest BCUT2D eigenvalue weighted by atomic mass is 9.95. The minimum Gasteiger partial charge on any atom is -0.330 e. The Morgan fingerprint density at radius 1 is 1.38 bits per heavy atom. The van der Waals surface area contributed by atoms with Gasteiger partial charge in [0, 0.05) is 12.0 Å². The van der Waals surface area contributed by atoms with E-state index in [2.05, 4.69) is 39.0 Å². The summed E-state index contributed by atoms with van der Waals surface area (Å²) in [6.45, 7) is 7.10. The number of aromatic nitrogens is 1. The molecule has 1 aromatic heterocycles. The van der Waals surface area contributed by atoms with E-state index in [1.165, 1.54) is 10.3 Å². The molecule has 1 heterocycles. The van der Waals surface area contributed by atoms with Crippen molar-refractivity contribution in [1.29, 1.82) is 0 Å². The molecule has 0 saturated heterocycles. The molecule has 0 saturated carbocycles. The number of hydrogen-bond acceptors (Lipinski definition) is 3. The highest BCUT2D eigenvalue weighted by Crippen LogP contribution is 2.32. The van der Waals surface area contributed by atoms with E-state index in [1.54, 1.807) is 11.3 Å². The van der Waals surface area contributed by atoms with Crippen molar-refractivity contribution in [2.45, 2.75) is 32.6 Å². The van der Waals surface area contributed by atoms with Crippen molar-refractivity contribution < 1.29 is 0 Å². The first-order valence-electron chi connectivity index (χ1n) is 5.67. The number of rotatable bonds is 3. The summed E-state index contributed by atoms with van der Waals surface area (Å²) < 4.78 is 1.27. The summed E-state index contributed by atoms with van der Waals surface area (Å²) >= 11 is 1.77. The Morgan fingerprint density at radius 3 is 2.75 bits per heavy atom. The van der Waals surface area contributed by atoms with Crippen LogP contribution in [0.25, 0.3) is 10.2 Å². The molecule has 2 aromatic rings. The van der Waals surface area contributed by atoms with Gasteiger partial charge in [-0.2, -0.15) is 0 Å². The van der Waals surface area contributed by atoms with E-state index < -0.39 is 0 Å². The van der Waals surface area contributed by atoms with Crippen molar-refractivity contribution in [2.24, 2.45) is 5.73 Å². The van der Waals surface area contributed by atoms with E-state index in [9.17, 15) is 0 Å². The predicted molar refractivity (Wildman–Crippen MR) is 71.1 cm³/mol. The maximum Gasteiger partial charge on any atom is 0.101 e. The van der Waals surface area contributed by atoms with Gasteiger partial charge in [0.1, 0.15) is 5.01 Å². The average molecular weight is 234 g/mol. The Labute approximate surface area is 101 Å². The van der Waals surface area contributed by atoms with Gasteiger partial charge in [-0.15, -0.1) is 11.3 Å². The van der Waals surface area contributed by atoms with E-state index in [0.717, 1.165) is 16.9 Å². The zero-order valence-corrected chi connectivity index (χ0v) is 10.9. The summed E-state index contributed by atoms with van der Waals surface area (Å²) in [6, 6.07) is 6.40. The zero-order valence-electron chi connectivity index (χ0n) is 10.1. The molecule has 16 heavy (non-hydrogen) atoms. The molecule has 3 heteroatoms. The maximum atomic E-state index is 5.80. The average Bonchev–Trinajstić information content (AvgIpc) is 2.73. The predicted octanol–water partition coefficient (Wildman–Crippen LogP) is 3.10. The molecule has 0 unspecified atom stereocenters. The molecule has 1 aromatic carbocycles. The van der Waals surface area contributed by atoms with Crippen LogP contribution in [-0.4, -0.2) is 11.5 Å². The first-order chi connectivity index (χ1) is 7.58. The second kappa shape index (κ2) is 4.15. The van der Waals surface area contributed by atoms with Crippen LogP contribution in [-0.2, 0) is 11.8 Å². The van der Waals surface area contributed by atoms with Gasteiger partial charge in [-0.05, 0) is 18.1 Å². The third-order valence-corrected chi connectivity index (χ3v) is 4.36. The zero-order chi connectivity index (χ0) is 11.8. The number of fused-ring (bicyclic) bond motifs is 1. The number of aryl methyl sites for hydroxylation is 1. The van der Waals surface area contributed by atoms with E-state index in [0.29, 0.717) is 6.54 Å². The molecule has 2 rings (SSSR count). The van der Waals surface area contributed by atoms with Gasteiger partial charge in [0.05, 0.1) is 10.2 Å². The molecule has 0 aliphatic carbocycles. The van der Waals surface area contributed by atoms with Crippen LogP contribution in [0.3, 0.4) is 0 Å². The second-order valence-electron chi connectivity index (χ2n) is 4.72. The van der Waals surface area contributed by atoms with Crippen LogP contribution in [0.4, 0.5) is 0 Å². The minimum absolute atomic E-state index is 0.0191. The van der Waals surface area contributed by atoms with Gasteiger partial charge in [-0.25, -0.2) is 4.98 Å². The summed E-state index contributed by atoms with van der Waals surface area (Å²) in [4.78, 5) is 4.76. The normalized spacial score (nSPS) is 12.2. The van der Waals surface area contributed by atoms with Gasteiger partial charge in [0.2, 0.25) is 0 Å². The highest BCUT2D eigenvalue weighted by Gasteiger charge is 2.23. The summed E-state index contributed by atoms with van der Waals surface area (Å²) in [6.07, 6.45) is 1.03. The molecule has 2 N–H and O–H groups in total. The molecule has 2 nitrogen and oxygen atoms in total. The third-order valence-electron chi connectivity index (χ3n) is 2.97. The van der Waals surface area contributed by atoms with Crippen molar-refractivity contribution in [3.05, 3.63) is 28.8 Å². The number of hydrogen-bond donors (Lipinski definition) is 1. The van der Waals surface area contributed by atoms with Crippen LogP contribution in [0, 0.1) is 0 Å². The van der Waals surface area contributed by atoms with Crippen LogP contribution >= 0.6 is 11.3 Å². The fourth-order valence-electron chi connectivity index (χ4n) is 1.67. The summed E-state index contributed by atoms with van der Waals surface area (Å²) in [5, 5.41) is 1.14. The summed E-state index contributed by atoms with van der Waals surface area (Å²) in [5.41, 5.74) is 8.26. The topological polar surface area (TPSA) is 38.9 Å². The molecular weight excluding hydrogens is 216 g/mol. The Kier molecular flexibility index (Phi) is 3.00. The lowest BCUT2D eigenvalue weighted by Crippen LogP contribution is -2.27. The van der Waals surface area contributed by atoms with Gasteiger partial charge in [-0.1, -0.05) is 32.9 Å². The molecule has 0 aliphatic rings. The lowest BCUT2D eigenvalue weighted by molar-refractivity contribution is 0.536. The van der Waals surface area contributed by atoms with Crippen molar-refractivity contribution in [3.63, 3.8) is 0 Å². The van der Waals surface area contributed by atoms with Gasteiger partial charge >= 0.3 is 0 Å². The third kappa shape index (κ3) is 1.85. The highest BCUT2D eigenvalue weighted by atomic mass is 32.1. The number of para-hydroxylation sites is 1. The Hall–Kier alpha value is -0.930. The van der Waals surface area contributed by atoms with Gasteiger partial charge in [0.25, 0.3) is 0 Å². The number of benzene rings is 1. The molecule has 0 spiro atoms. The summed E-state index contributed by atoms with van der Waals surface area (Å²) in [5.74, 6) is 0. The largest absolute Gasteiger partial charge is 0.330 e. The van der Waals surface area contributed by atoms with Crippen molar-refractivity contribution in [1.82, 2.24) is 4.98 Å². The minimum atomic E-state index is -0.0191. The number of nitrogens with zero attached hydrogens (tertiary/aromatic N) is 1. The van der Waals surface area contributed by atoms with Gasteiger partial charge in [0.15, 0.2) is 0 Å². The lowest BCUT2D eigenvalue weighted by Gasteiger charge is -2.18. The molecule has 0 amide bonds. The number of nitrogens with two attached hydrogens (primary N) is 1. The second-order valence-corrected chi connectivity index (χ2v) is 5.76. The van der Waals surface area contributed by atoms with E-state index in [-0.39, 0.29) is 5.41 Å². The molecule has 0 fully saturated rings. The SMILES string of the molecule is CCc1cccc2sc(C(C)(C)CN)nc12. The van der Waals surface area contributed by atoms with Crippen LogP contribution in [0.15, 0.2) is 18.2 Å².